The van der Waals surface area contributed by atoms with Gasteiger partial charge in [0.05, 0.1) is 11.9 Å². The summed E-state index contributed by atoms with van der Waals surface area (Å²) < 4.78 is 0. The molecule has 4 nitrogen and oxygen atoms in total. The molecule has 0 atom stereocenters. The van der Waals surface area contributed by atoms with Crippen LogP contribution in [-0.2, 0) is 6.54 Å². The molecule has 2 heterocycles. The normalized spacial score (nSPS) is 11.7. The third kappa shape index (κ3) is 4.14. The lowest BCUT2D eigenvalue weighted by Gasteiger charge is -2.25. The number of thiophene rings is 1. The van der Waals surface area contributed by atoms with Gasteiger partial charge in [0.1, 0.15) is 16.5 Å². The van der Waals surface area contributed by atoms with Crippen LogP contribution in [0.1, 0.15) is 45.9 Å². The smallest absolute Gasteiger partial charge is 0.146 e. The van der Waals surface area contributed by atoms with E-state index in [1.54, 1.807) is 11.3 Å². The van der Waals surface area contributed by atoms with Crippen molar-refractivity contribution >= 4 is 27.4 Å². The second-order valence-corrected chi connectivity index (χ2v) is 6.54. The molecule has 0 unspecified atom stereocenters. The molecule has 1 N–H and O–H groups in total. The van der Waals surface area contributed by atoms with Gasteiger partial charge < -0.3 is 5.32 Å². The van der Waals surface area contributed by atoms with Crippen molar-refractivity contribution in [2.45, 2.75) is 52.6 Å². The molecule has 0 aromatic carbocycles. The van der Waals surface area contributed by atoms with E-state index in [0.717, 1.165) is 34.9 Å². The largest absolute Gasteiger partial charge is 0.372 e. The Balaban J connectivity index is 2.15. The van der Waals surface area contributed by atoms with Crippen LogP contribution < -0.4 is 5.32 Å². The molecule has 0 saturated carbocycles. The Labute approximate surface area is 131 Å². The summed E-state index contributed by atoms with van der Waals surface area (Å²) in [5.41, 5.74) is 0. The van der Waals surface area contributed by atoms with Crippen molar-refractivity contribution < 1.29 is 0 Å². The monoisotopic (exact) mass is 306 g/mol. The molecule has 21 heavy (non-hydrogen) atoms. The molecule has 2 aromatic heterocycles. The summed E-state index contributed by atoms with van der Waals surface area (Å²) in [4.78, 5) is 12.9. The number of anilines is 1. The SMILES string of the molecule is CCCCCN(Cc1nc(NC)c2ccsc2n1)C(C)C. The molecule has 0 spiro atoms. The van der Waals surface area contributed by atoms with Crippen LogP contribution in [0.2, 0.25) is 0 Å². The fourth-order valence-corrected chi connectivity index (χ4v) is 3.21. The molecule has 0 aliphatic rings. The first kappa shape index (κ1) is 16.2. The van der Waals surface area contributed by atoms with Crippen LogP contribution in [0.5, 0.6) is 0 Å². The zero-order valence-electron chi connectivity index (χ0n) is 13.5. The molecule has 0 saturated heterocycles. The Morgan fingerprint density at radius 3 is 2.76 bits per heavy atom. The number of hydrogen-bond donors (Lipinski definition) is 1. The number of rotatable bonds is 8. The second-order valence-electron chi connectivity index (χ2n) is 5.65. The van der Waals surface area contributed by atoms with Gasteiger partial charge in [0.2, 0.25) is 0 Å². The van der Waals surface area contributed by atoms with E-state index in [2.05, 4.69) is 47.4 Å². The molecule has 0 radical (unpaired) electrons. The maximum absolute atomic E-state index is 4.72. The zero-order chi connectivity index (χ0) is 15.2. The highest BCUT2D eigenvalue weighted by atomic mass is 32.1. The average Bonchev–Trinajstić information content (AvgIpc) is 2.93. The van der Waals surface area contributed by atoms with Gasteiger partial charge in [-0.15, -0.1) is 11.3 Å². The molecule has 0 amide bonds. The van der Waals surface area contributed by atoms with Crippen LogP contribution in [0.4, 0.5) is 5.82 Å². The third-order valence-corrected chi connectivity index (χ3v) is 4.54. The van der Waals surface area contributed by atoms with Crippen molar-refractivity contribution in [1.29, 1.82) is 0 Å². The summed E-state index contributed by atoms with van der Waals surface area (Å²) in [7, 11) is 1.92. The first-order valence-electron chi connectivity index (χ1n) is 7.81. The number of unbranched alkanes of at least 4 members (excludes halogenated alkanes) is 2. The van der Waals surface area contributed by atoms with Gasteiger partial charge in [-0.25, -0.2) is 9.97 Å². The minimum atomic E-state index is 0.516. The van der Waals surface area contributed by atoms with E-state index in [9.17, 15) is 0 Å². The quantitative estimate of drug-likeness (QED) is 0.744. The van der Waals surface area contributed by atoms with Crippen LogP contribution in [0.3, 0.4) is 0 Å². The van der Waals surface area contributed by atoms with Gasteiger partial charge in [0.15, 0.2) is 0 Å². The van der Waals surface area contributed by atoms with Crippen LogP contribution in [0, 0.1) is 0 Å². The Hall–Kier alpha value is -1.20. The number of nitrogens with zero attached hydrogens (tertiary/aromatic N) is 3. The summed E-state index contributed by atoms with van der Waals surface area (Å²) >= 11 is 1.68. The van der Waals surface area contributed by atoms with E-state index >= 15 is 0 Å². The van der Waals surface area contributed by atoms with Crippen molar-refractivity contribution in [2.24, 2.45) is 0 Å². The molecule has 116 valence electrons. The lowest BCUT2D eigenvalue weighted by atomic mass is 10.2. The maximum atomic E-state index is 4.72. The van der Waals surface area contributed by atoms with E-state index in [1.165, 1.54) is 19.3 Å². The van der Waals surface area contributed by atoms with Crippen LogP contribution in [0.15, 0.2) is 11.4 Å². The summed E-state index contributed by atoms with van der Waals surface area (Å²) in [6, 6.07) is 2.60. The highest BCUT2D eigenvalue weighted by Gasteiger charge is 2.14. The summed E-state index contributed by atoms with van der Waals surface area (Å²) in [5.74, 6) is 1.85. The fourth-order valence-electron chi connectivity index (χ4n) is 2.43. The Morgan fingerprint density at radius 1 is 1.29 bits per heavy atom. The van der Waals surface area contributed by atoms with Crippen LogP contribution in [-0.4, -0.2) is 34.5 Å². The second kappa shape index (κ2) is 7.71. The van der Waals surface area contributed by atoms with E-state index in [0.29, 0.717) is 6.04 Å². The van der Waals surface area contributed by atoms with Crippen molar-refractivity contribution in [2.75, 3.05) is 18.9 Å². The number of nitrogens with one attached hydrogen (secondary N) is 1. The number of fused-ring (bicyclic) bond motifs is 1. The van der Waals surface area contributed by atoms with Crippen molar-refractivity contribution in [3.05, 3.63) is 17.3 Å². The Kier molecular flexibility index (Phi) is 5.94. The minimum Gasteiger partial charge on any atom is -0.372 e. The average molecular weight is 306 g/mol. The molecule has 0 aliphatic carbocycles. The van der Waals surface area contributed by atoms with E-state index in [1.807, 2.05) is 7.05 Å². The predicted molar refractivity (Wildman–Crippen MR) is 92.0 cm³/mol. The molecule has 0 aliphatic heterocycles. The number of aromatic nitrogens is 2. The van der Waals surface area contributed by atoms with Crippen LogP contribution in [0.25, 0.3) is 10.2 Å². The van der Waals surface area contributed by atoms with Gasteiger partial charge >= 0.3 is 0 Å². The highest BCUT2D eigenvalue weighted by Crippen LogP contribution is 2.25. The number of hydrogen-bond acceptors (Lipinski definition) is 5. The van der Waals surface area contributed by atoms with Crippen molar-refractivity contribution in [3.8, 4) is 0 Å². The first-order valence-corrected chi connectivity index (χ1v) is 8.69. The van der Waals surface area contributed by atoms with Crippen molar-refractivity contribution in [3.63, 3.8) is 0 Å². The fraction of sp³-hybridized carbons (Fsp3) is 0.625. The van der Waals surface area contributed by atoms with Gasteiger partial charge in [-0.05, 0) is 38.3 Å². The highest BCUT2D eigenvalue weighted by molar-refractivity contribution is 7.16. The Morgan fingerprint density at radius 2 is 2.10 bits per heavy atom. The van der Waals surface area contributed by atoms with Crippen LogP contribution >= 0.6 is 11.3 Å². The third-order valence-electron chi connectivity index (χ3n) is 3.73. The molecule has 0 fully saturated rings. The van der Waals surface area contributed by atoms with Gasteiger partial charge in [-0.1, -0.05) is 19.8 Å². The first-order chi connectivity index (χ1) is 10.2. The molecule has 0 bridgehead atoms. The molecular formula is C16H26N4S. The van der Waals surface area contributed by atoms with E-state index < -0.39 is 0 Å². The molecule has 2 aromatic rings. The summed E-state index contributed by atoms with van der Waals surface area (Å²) in [6.45, 7) is 8.67. The summed E-state index contributed by atoms with van der Waals surface area (Å²) in [6.07, 6.45) is 3.79. The van der Waals surface area contributed by atoms with Gasteiger partial charge in [0.25, 0.3) is 0 Å². The van der Waals surface area contributed by atoms with E-state index in [4.69, 9.17) is 4.98 Å². The lowest BCUT2D eigenvalue weighted by molar-refractivity contribution is 0.203. The topological polar surface area (TPSA) is 41.1 Å². The molecular weight excluding hydrogens is 280 g/mol. The predicted octanol–water partition coefficient (Wildman–Crippen LogP) is 4.13. The summed E-state index contributed by atoms with van der Waals surface area (Å²) in [5, 5.41) is 6.38. The van der Waals surface area contributed by atoms with Gasteiger partial charge in [-0.2, -0.15) is 0 Å². The maximum Gasteiger partial charge on any atom is 0.146 e. The van der Waals surface area contributed by atoms with Crippen molar-refractivity contribution in [1.82, 2.24) is 14.9 Å². The lowest BCUT2D eigenvalue weighted by Crippen LogP contribution is -2.32. The van der Waals surface area contributed by atoms with Gasteiger partial charge in [-0.3, -0.25) is 4.90 Å². The molecule has 2 rings (SSSR count). The minimum absolute atomic E-state index is 0.516. The Bertz CT molecular complexity index is 564. The zero-order valence-corrected chi connectivity index (χ0v) is 14.3. The molecule has 5 heteroatoms. The van der Waals surface area contributed by atoms with E-state index in [-0.39, 0.29) is 0 Å². The standard InChI is InChI=1S/C16H26N4S/c1-5-6-7-9-20(12(2)3)11-14-18-15(17-4)13-8-10-21-16(13)19-14/h8,10,12H,5-7,9,11H2,1-4H3,(H,17,18,19). The van der Waals surface area contributed by atoms with Gasteiger partial charge in [0, 0.05) is 13.1 Å².